The van der Waals surface area contributed by atoms with Crippen molar-refractivity contribution in [3.8, 4) is 0 Å². The molecule has 4 rings (SSSR count). The first-order chi connectivity index (χ1) is 13.0. The summed E-state index contributed by atoms with van der Waals surface area (Å²) < 4.78 is 2.52. The molecule has 3 aromatic rings. The van der Waals surface area contributed by atoms with Gasteiger partial charge < -0.3 is 4.90 Å². The van der Waals surface area contributed by atoms with Gasteiger partial charge in [0.05, 0.1) is 10.5 Å². The molecule has 0 fully saturated rings. The second-order valence-electron chi connectivity index (χ2n) is 6.11. The predicted molar refractivity (Wildman–Crippen MR) is 107 cm³/mol. The summed E-state index contributed by atoms with van der Waals surface area (Å²) in [6.45, 7) is 0.870. The molecule has 0 atom stereocenters. The van der Waals surface area contributed by atoms with Gasteiger partial charge in [0.25, 0.3) is 11.6 Å². The molecule has 0 N–H and O–H groups in total. The van der Waals surface area contributed by atoms with Crippen LogP contribution in [0.25, 0.3) is 11.2 Å². The maximum Gasteiger partial charge on any atom is 0.276 e. The van der Waals surface area contributed by atoms with Crippen molar-refractivity contribution in [2.45, 2.75) is 6.42 Å². The summed E-state index contributed by atoms with van der Waals surface area (Å²) in [4.78, 5) is 29.5. The molecule has 0 spiro atoms. The average Bonchev–Trinajstić information content (AvgIpc) is 3.10. The number of rotatable bonds is 3. The van der Waals surface area contributed by atoms with Gasteiger partial charge >= 0.3 is 0 Å². The van der Waals surface area contributed by atoms with Gasteiger partial charge in [-0.1, -0.05) is 18.2 Å². The highest BCUT2D eigenvalue weighted by Crippen LogP contribution is 2.30. The number of nitrogens with zero attached hydrogens (tertiary/aromatic N) is 5. The number of nitro groups is 1. The van der Waals surface area contributed by atoms with E-state index in [0.717, 1.165) is 9.14 Å². The molecule has 8 nitrogen and oxygen atoms in total. The zero-order valence-corrected chi connectivity index (χ0v) is 16.2. The smallest absolute Gasteiger partial charge is 0.276 e. The van der Waals surface area contributed by atoms with Crippen LogP contribution in [0.15, 0.2) is 48.8 Å². The summed E-state index contributed by atoms with van der Waals surface area (Å²) in [6.07, 6.45) is 5.96. The van der Waals surface area contributed by atoms with Crippen LogP contribution < -0.4 is 0 Å². The Bertz CT molecular complexity index is 1090. The highest BCUT2D eigenvalue weighted by Gasteiger charge is 2.24. The summed E-state index contributed by atoms with van der Waals surface area (Å²) in [5, 5.41) is 15.5. The van der Waals surface area contributed by atoms with Crippen LogP contribution in [-0.4, -0.2) is 43.4 Å². The van der Waals surface area contributed by atoms with Crippen molar-refractivity contribution in [1.82, 2.24) is 19.5 Å². The van der Waals surface area contributed by atoms with Gasteiger partial charge in [-0.15, -0.1) is 0 Å². The van der Waals surface area contributed by atoms with E-state index in [4.69, 9.17) is 0 Å². The van der Waals surface area contributed by atoms with E-state index in [1.165, 1.54) is 6.07 Å². The lowest BCUT2D eigenvalue weighted by molar-refractivity contribution is -0.385. The highest BCUT2D eigenvalue weighted by atomic mass is 127. The van der Waals surface area contributed by atoms with Crippen molar-refractivity contribution in [2.75, 3.05) is 13.1 Å². The molecule has 3 heterocycles. The van der Waals surface area contributed by atoms with Crippen LogP contribution in [0.3, 0.4) is 0 Å². The standard InChI is InChI=1S/C18H14IN5O3/c19-13-10-20-17-9-15(21-23(17)11-13)18(25)22-7-5-12(6-8-22)14-3-1-2-4-16(14)24(26)27/h1-5,9-11H,6-8H2. The molecule has 0 radical (unpaired) electrons. The minimum atomic E-state index is -0.376. The van der Waals surface area contributed by atoms with Crippen LogP contribution in [0, 0.1) is 13.7 Å². The molecule has 1 aliphatic heterocycles. The SMILES string of the molecule is O=C(c1cc2ncc(I)cn2n1)N1CC=C(c2ccccc2[N+](=O)[O-])CC1. The van der Waals surface area contributed by atoms with Gasteiger partial charge in [0.1, 0.15) is 0 Å². The molecule has 2 aromatic heterocycles. The molecule has 1 amide bonds. The number of carbonyl (C=O) groups is 1. The lowest BCUT2D eigenvalue weighted by Gasteiger charge is -2.25. The van der Waals surface area contributed by atoms with E-state index in [1.807, 2.05) is 12.3 Å². The lowest BCUT2D eigenvalue weighted by Crippen LogP contribution is -2.35. The molecule has 27 heavy (non-hydrogen) atoms. The Balaban J connectivity index is 1.56. The summed E-state index contributed by atoms with van der Waals surface area (Å²) in [7, 11) is 0. The van der Waals surface area contributed by atoms with Crippen molar-refractivity contribution < 1.29 is 9.72 Å². The number of fused-ring (bicyclic) bond motifs is 1. The zero-order valence-electron chi connectivity index (χ0n) is 14.1. The minimum absolute atomic E-state index is 0.0876. The largest absolute Gasteiger partial charge is 0.333 e. The van der Waals surface area contributed by atoms with E-state index in [9.17, 15) is 14.9 Å². The topological polar surface area (TPSA) is 93.6 Å². The van der Waals surface area contributed by atoms with Gasteiger partial charge in [0.15, 0.2) is 11.3 Å². The summed E-state index contributed by atoms with van der Waals surface area (Å²) >= 11 is 2.14. The summed E-state index contributed by atoms with van der Waals surface area (Å²) in [5.41, 5.74) is 2.54. The van der Waals surface area contributed by atoms with E-state index < -0.39 is 0 Å². The normalized spacial score (nSPS) is 14.3. The fraction of sp³-hybridized carbons (Fsp3) is 0.167. The highest BCUT2D eigenvalue weighted by molar-refractivity contribution is 14.1. The Morgan fingerprint density at radius 3 is 2.85 bits per heavy atom. The number of hydrogen-bond donors (Lipinski definition) is 0. The van der Waals surface area contributed by atoms with Crippen LogP contribution >= 0.6 is 22.6 Å². The number of amides is 1. The van der Waals surface area contributed by atoms with Crippen molar-refractivity contribution >= 4 is 45.4 Å². The Labute approximate surface area is 167 Å². The molecule has 0 saturated carbocycles. The van der Waals surface area contributed by atoms with Crippen molar-refractivity contribution in [1.29, 1.82) is 0 Å². The Morgan fingerprint density at radius 1 is 1.30 bits per heavy atom. The fourth-order valence-electron chi connectivity index (χ4n) is 3.12. The van der Waals surface area contributed by atoms with E-state index in [1.54, 1.807) is 39.9 Å². The van der Waals surface area contributed by atoms with Crippen molar-refractivity contribution in [2.24, 2.45) is 0 Å². The predicted octanol–water partition coefficient (Wildman–Crippen LogP) is 3.17. The second kappa shape index (κ2) is 7.06. The first-order valence-corrected chi connectivity index (χ1v) is 9.34. The van der Waals surface area contributed by atoms with Gasteiger partial charge in [0.2, 0.25) is 0 Å². The first-order valence-electron chi connectivity index (χ1n) is 8.26. The number of para-hydroxylation sites is 1. The summed E-state index contributed by atoms with van der Waals surface area (Å²) in [5.74, 6) is -0.173. The molecule has 1 aromatic carbocycles. The molecule has 0 aliphatic carbocycles. The van der Waals surface area contributed by atoms with E-state index in [-0.39, 0.29) is 16.5 Å². The van der Waals surface area contributed by atoms with Crippen molar-refractivity contribution in [3.63, 3.8) is 0 Å². The quantitative estimate of drug-likeness (QED) is 0.330. The number of halogens is 1. The third-order valence-electron chi connectivity index (χ3n) is 4.44. The van der Waals surface area contributed by atoms with Crippen LogP contribution in [0.4, 0.5) is 5.69 Å². The molecule has 1 aliphatic rings. The number of carbonyl (C=O) groups excluding carboxylic acids is 1. The van der Waals surface area contributed by atoms with Gasteiger partial charge in [-0.25, -0.2) is 9.50 Å². The lowest BCUT2D eigenvalue weighted by atomic mass is 9.98. The number of nitro benzene ring substituents is 1. The average molecular weight is 475 g/mol. The van der Waals surface area contributed by atoms with E-state index in [2.05, 4.69) is 32.7 Å². The van der Waals surface area contributed by atoms with E-state index in [0.29, 0.717) is 36.4 Å². The number of aromatic nitrogens is 3. The van der Waals surface area contributed by atoms with Gasteiger partial charge in [-0.05, 0) is 40.7 Å². The monoisotopic (exact) mass is 475 g/mol. The van der Waals surface area contributed by atoms with Crippen LogP contribution in [0.5, 0.6) is 0 Å². The van der Waals surface area contributed by atoms with E-state index >= 15 is 0 Å². The van der Waals surface area contributed by atoms with Gasteiger partial charge in [0, 0.05) is 41.2 Å². The van der Waals surface area contributed by atoms with Crippen LogP contribution in [-0.2, 0) is 0 Å². The molecule has 0 unspecified atom stereocenters. The number of hydrogen-bond acceptors (Lipinski definition) is 5. The number of benzene rings is 1. The Morgan fingerprint density at radius 2 is 2.11 bits per heavy atom. The van der Waals surface area contributed by atoms with Gasteiger partial charge in [-0.3, -0.25) is 14.9 Å². The fourth-order valence-corrected chi connectivity index (χ4v) is 3.53. The van der Waals surface area contributed by atoms with Crippen LogP contribution in [0.1, 0.15) is 22.5 Å². The van der Waals surface area contributed by atoms with Crippen LogP contribution in [0.2, 0.25) is 0 Å². The zero-order chi connectivity index (χ0) is 19.0. The van der Waals surface area contributed by atoms with Crippen molar-refractivity contribution in [3.05, 3.63) is 73.7 Å². The molecular weight excluding hydrogens is 461 g/mol. The first kappa shape index (κ1) is 17.6. The molecular formula is C18H14IN5O3. The molecule has 0 bridgehead atoms. The summed E-state index contributed by atoms with van der Waals surface area (Å²) in [6, 6.07) is 8.35. The maximum absolute atomic E-state index is 12.8. The molecule has 9 heteroatoms. The Kier molecular flexibility index (Phi) is 4.60. The van der Waals surface area contributed by atoms with Gasteiger partial charge in [-0.2, -0.15) is 5.10 Å². The Hall–Kier alpha value is -2.82. The molecule has 136 valence electrons. The second-order valence-corrected chi connectivity index (χ2v) is 7.35. The third kappa shape index (κ3) is 3.42. The minimum Gasteiger partial charge on any atom is -0.333 e. The molecule has 0 saturated heterocycles. The third-order valence-corrected chi connectivity index (χ3v) is 5.00. The maximum atomic E-state index is 12.8.